The second-order valence-corrected chi connectivity index (χ2v) is 9.79. The average molecular weight is 333 g/mol. The molecule has 2 aromatic rings. The molecule has 0 unspecified atom stereocenters. The first-order valence-corrected chi connectivity index (χ1v) is 9.43. The molecule has 0 nitrogen and oxygen atoms in total. The van der Waals surface area contributed by atoms with Crippen LogP contribution in [0.2, 0.25) is 0 Å². The lowest BCUT2D eigenvalue weighted by Crippen LogP contribution is -2.16. The highest BCUT2D eigenvalue weighted by atomic mass is 14.3. The van der Waals surface area contributed by atoms with Gasteiger partial charge in [0, 0.05) is 0 Å². The average Bonchev–Trinajstić information content (AvgIpc) is 2.88. The zero-order valence-corrected chi connectivity index (χ0v) is 17.2. The molecule has 0 heterocycles. The lowest BCUT2D eigenvalue weighted by atomic mass is 9.78. The normalized spacial score (nSPS) is 14.5. The van der Waals surface area contributed by atoms with Crippen molar-refractivity contribution >= 4 is 6.08 Å². The van der Waals surface area contributed by atoms with Crippen molar-refractivity contribution in [2.24, 2.45) is 0 Å². The number of rotatable bonds is 1. The van der Waals surface area contributed by atoms with Crippen molar-refractivity contribution in [3.63, 3.8) is 0 Å². The number of fused-ring (bicyclic) bond motifs is 1. The van der Waals surface area contributed by atoms with E-state index in [9.17, 15) is 0 Å². The lowest BCUT2D eigenvalue weighted by Gasteiger charge is -2.27. The Labute approximate surface area is 154 Å². The van der Waals surface area contributed by atoms with Crippen LogP contribution in [-0.2, 0) is 17.3 Å². The van der Waals surface area contributed by atoms with Crippen LogP contribution >= 0.6 is 0 Å². The summed E-state index contributed by atoms with van der Waals surface area (Å²) in [7, 11) is 0. The predicted octanol–water partition coefficient (Wildman–Crippen LogP) is 7.22. The van der Waals surface area contributed by atoms with E-state index in [0.717, 1.165) is 6.42 Å². The van der Waals surface area contributed by atoms with E-state index in [1.165, 1.54) is 44.5 Å². The van der Waals surface area contributed by atoms with Gasteiger partial charge in [-0.3, -0.25) is 0 Å². The fraction of sp³-hybridized carbons (Fsp3) is 0.440. The third-order valence-corrected chi connectivity index (χ3v) is 5.40. The zero-order chi connectivity index (χ0) is 18.6. The molecule has 0 radical (unpaired) electrons. The second kappa shape index (κ2) is 5.87. The molecule has 1 aliphatic carbocycles. The molecule has 0 amide bonds. The molecule has 0 heteroatoms. The predicted molar refractivity (Wildman–Crippen MR) is 111 cm³/mol. The summed E-state index contributed by atoms with van der Waals surface area (Å²) in [6.45, 7) is 18.3. The fourth-order valence-electron chi connectivity index (χ4n) is 3.67. The van der Waals surface area contributed by atoms with Crippen LogP contribution in [0.4, 0.5) is 0 Å². The first-order valence-electron chi connectivity index (χ1n) is 9.43. The molecule has 0 aliphatic heterocycles. The van der Waals surface area contributed by atoms with Crippen LogP contribution in [0.15, 0.2) is 35.9 Å². The molecule has 1 aliphatic rings. The molecule has 3 rings (SSSR count). The monoisotopic (exact) mass is 332 g/mol. The van der Waals surface area contributed by atoms with Crippen LogP contribution < -0.4 is 0 Å². The highest BCUT2D eigenvalue weighted by Gasteiger charge is 2.23. The van der Waals surface area contributed by atoms with E-state index in [1.54, 1.807) is 0 Å². The molecule has 0 N–H and O–H groups in total. The van der Waals surface area contributed by atoms with Gasteiger partial charge in [0.2, 0.25) is 0 Å². The van der Waals surface area contributed by atoms with Crippen molar-refractivity contribution < 1.29 is 0 Å². The lowest BCUT2D eigenvalue weighted by molar-refractivity contribution is 0.569. The SMILES string of the molecule is CC1=Cc2c(C)ccc(-c3cc(C(C)(C)C)cc(C(C)(C)C)c3)c2C1. The summed E-state index contributed by atoms with van der Waals surface area (Å²) in [5.41, 5.74) is 11.7. The Morgan fingerprint density at radius 1 is 0.760 bits per heavy atom. The van der Waals surface area contributed by atoms with Gasteiger partial charge in [0.25, 0.3) is 0 Å². The summed E-state index contributed by atoms with van der Waals surface area (Å²) in [5, 5.41) is 0. The minimum Gasteiger partial charge on any atom is -0.0683 e. The van der Waals surface area contributed by atoms with Gasteiger partial charge in [-0.1, -0.05) is 83.5 Å². The summed E-state index contributed by atoms with van der Waals surface area (Å²) >= 11 is 0. The van der Waals surface area contributed by atoms with Gasteiger partial charge in [-0.05, 0) is 70.0 Å². The third kappa shape index (κ3) is 3.45. The van der Waals surface area contributed by atoms with Gasteiger partial charge in [-0.15, -0.1) is 0 Å². The van der Waals surface area contributed by atoms with Crippen LogP contribution in [0, 0.1) is 6.92 Å². The van der Waals surface area contributed by atoms with Crippen molar-refractivity contribution in [1.29, 1.82) is 0 Å². The maximum absolute atomic E-state index is 2.41. The Morgan fingerprint density at radius 2 is 1.32 bits per heavy atom. The molecular formula is C25H32. The van der Waals surface area contributed by atoms with E-state index < -0.39 is 0 Å². The molecule has 0 atom stereocenters. The highest BCUT2D eigenvalue weighted by molar-refractivity contribution is 5.79. The Balaban J connectivity index is 2.25. The molecule has 0 spiro atoms. The Morgan fingerprint density at radius 3 is 1.84 bits per heavy atom. The topological polar surface area (TPSA) is 0 Å². The molecular weight excluding hydrogens is 300 g/mol. The van der Waals surface area contributed by atoms with E-state index >= 15 is 0 Å². The van der Waals surface area contributed by atoms with Crippen molar-refractivity contribution in [2.45, 2.75) is 72.6 Å². The third-order valence-electron chi connectivity index (χ3n) is 5.40. The van der Waals surface area contributed by atoms with Crippen LogP contribution in [0.25, 0.3) is 17.2 Å². The Kier molecular flexibility index (Phi) is 4.22. The molecule has 2 aromatic carbocycles. The van der Waals surface area contributed by atoms with Gasteiger partial charge in [0.15, 0.2) is 0 Å². The Hall–Kier alpha value is -1.82. The smallest absolute Gasteiger partial charge is 0.00543 e. The number of hydrogen-bond acceptors (Lipinski definition) is 0. The molecule has 0 bridgehead atoms. The van der Waals surface area contributed by atoms with E-state index in [0.29, 0.717) is 0 Å². The first-order chi connectivity index (χ1) is 11.5. The van der Waals surface area contributed by atoms with Crippen LogP contribution in [0.3, 0.4) is 0 Å². The number of benzene rings is 2. The van der Waals surface area contributed by atoms with Crippen molar-refractivity contribution in [3.8, 4) is 11.1 Å². The largest absolute Gasteiger partial charge is 0.0683 e. The minimum atomic E-state index is 0.151. The fourth-order valence-corrected chi connectivity index (χ4v) is 3.67. The van der Waals surface area contributed by atoms with Gasteiger partial charge in [0.05, 0.1) is 0 Å². The quantitative estimate of drug-likeness (QED) is 0.517. The summed E-state index contributed by atoms with van der Waals surface area (Å²) < 4.78 is 0. The Bertz CT molecular complexity index is 817. The summed E-state index contributed by atoms with van der Waals surface area (Å²) in [6, 6.07) is 11.8. The molecule has 0 fully saturated rings. The highest BCUT2D eigenvalue weighted by Crippen LogP contribution is 2.39. The minimum absolute atomic E-state index is 0.151. The molecule has 132 valence electrons. The standard InChI is InChI=1S/C25H32/c1-16-11-22-17(2)9-10-21(23(22)12-16)18-13-19(24(3,4)5)15-20(14-18)25(6,7)8/h9-11,13-15H,12H2,1-8H3. The van der Waals surface area contributed by atoms with E-state index in [2.05, 4.69) is 91.8 Å². The van der Waals surface area contributed by atoms with Crippen LogP contribution in [0.1, 0.15) is 76.3 Å². The van der Waals surface area contributed by atoms with Gasteiger partial charge < -0.3 is 0 Å². The molecule has 25 heavy (non-hydrogen) atoms. The van der Waals surface area contributed by atoms with E-state index in [1.807, 2.05) is 0 Å². The number of allylic oxidation sites excluding steroid dienone is 1. The van der Waals surface area contributed by atoms with Crippen LogP contribution in [-0.4, -0.2) is 0 Å². The summed E-state index contributed by atoms with van der Waals surface area (Å²) in [6.07, 6.45) is 3.45. The summed E-state index contributed by atoms with van der Waals surface area (Å²) in [4.78, 5) is 0. The summed E-state index contributed by atoms with van der Waals surface area (Å²) in [5.74, 6) is 0. The van der Waals surface area contributed by atoms with Gasteiger partial charge in [-0.2, -0.15) is 0 Å². The number of aryl methyl sites for hydroxylation is 1. The van der Waals surface area contributed by atoms with Gasteiger partial charge in [0.1, 0.15) is 0 Å². The second-order valence-electron chi connectivity index (χ2n) is 9.79. The number of hydrogen-bond donors (Lipinski definition) is 0. The molecule has 0 aromatic heterocycles. The van der Waals surface area contributed by atoms with Crippen molar-refractivity contribution in [1.82, 2.24) is 0 Å². The van der Waals surface area contributed by atoms with Gasteiger partial charge >= 0.3 is 0 Å². The maximum Gasteiger partial charge on any atom is -0.00543 e. The first kappa shape index (κ1) is 18.0. The zero-order valence-electron chi connectivity index (χ0n) is 17.2. The van der Waals surface area contributed by atoms with Gasteiger partial charge in [-0.25, -0.2) is 0 Å². The molecule has 0 saturated carbocycles. The van der Waals surface area contributed by atoms with E-state index in [-0.39, 0.29) is 10.8 Å². The molecule has 0 saturated heterocycles. The van der Waals surface area contributed by atoms with Crippen molar-refractivity contribution in [2.75, 3.05) is 0 Å². The maximum atomic E-state index is 2.41. The van der Waals surface area contributed by atoms with Crippen molar-refractivity contribution in [3.05, 3.63) is 63.7 Å². The van der Waals surface area contributed by atoms with E-state index in [4.69, 9.17) is 0 Å². The van der Waals surface area contributed by atoms with Crippen LogP contribution in [0.5, 0.6) is 0 Å².